The van der Waals surface area contributed by atoms with Crippen molar-refractivity contribution >= 4 is 10.9 Å². The van der Waals surface area contributed by atoms with Gasteiger partial charge >= 0.3 is 0 Å². The molecule has 4 nitrogen and oxygen atoms in total. The molecular formula is C20H29N3O. The first kappa shape index (κ1) is 17.2. The van der Waals surface area contributed by atoms with E-state index in [0.717, 1.165) is 37.6 Å². The van der Waals surface area contributed by atoms with Gasteiger partial charge in [-0.15, -0.1) is 0 Å². The van der Waals surface area contributed by atoms with Crippen molar-refractivity contribution in [3.05, 3.63) is 35.9 Å². The van der Waals surface area contributed by atoms with Gasteiger partial charge in [-0.1, -0.05) is 25.1 Å². The molecule has 1 aliphatic heterocycles. The maximum Gasteiger partial charge on any atom is 0.218 e. The fraction of sp³-hybridized carbons (Fsp3) is 0.550. The Morgan fingerprint density at radius 2 is 2.04 bits per heavy atom. The Morgan fingerprint density at radius 3 is 2.75 bits per heavy atom. The van der Waals surface area contributed by atoms with Crippen LogP contribution in [0.25, 0.3) is 10.9 Å². The van der Waals surface area contributed by atoms with Crippen molar-refractivity contribution in [2.24, 2.45) is 0 Å². The maximum atomic E-state index is 5.56. The summed E-state index contributed by atoms with van der Waals surface area (Å²) < 4.78 is 5.56. The Bertz CT molecular complexity index is 686. The molecule has 24 heavy (non-hydrogen) atoms. The van der Waals surface area contributed by atoms with Crippen molar-refractivity contribution < 1.29 is 4.74 Å². The highest BCUT2D eigenvalue weighted by Crippen LogP contribution is 2.25. The first-order valence-electron chi connectivity index (χ1n) is 9.03. The number of fused-ring (bicyclic) bond motifs is 1. The second kappa shape index (κ2) is 7.49. The SMILES string of the molecule is CC[C@H]1CN(Cc2cc3ccccc3nc2OC)CCN1C(C)C. The lowest BCUT2D eigenvalue weighted by atomic mass is 10.1. The molecule has 0 unspecified atom stereocenters. The van der Waals surface area contributed by atoms with Crippen LogP contribution in [0.1, 0.15) is 32.8 Å². The molecule has 2 heterocycles. The van der Waals surface area contributed by atoms with Crippen molar-refractivity contribution in [2.75, 3.05) is 26.7 Å². The van der Waals surface area contributed by atoms with Crippen LogP contribution in [0.3, 0.4) is 0 Å². The fourth-order valence-electron chi connectivity index (χ4n) is 3.79. The molecule has 3 rings (SSSR count). The highest BCUT2D eigenvalue weighted by molar-refractivity contribution is 5.80. The molecule has 0 bridgehead atoms. The molecule has 4 heteroatoms. The van der Waals surface area contributed by atoms with Gasteiger partial charge in [0.25, 0.3) is 0 Å². The van der Waals surface area contributed by atoms with E-state index in [0.29, 0.717) is 12.1 Å². The first-order valence-corrected chi connectivity index (χ1v) is 9.03. The zero-order valence-electron chi connectivity index (χ0n) is 15.3. The van der Waals surface area contributed by atoms with E-state index in [1.165, 1.54) is 17.4 Å². The van der Waals surface area contributed by atoms with E-state index in [9.17, 15) is 0 Å². The zero-order chi connectivity index (χ0) is 17.1. The molecule has 1 fully saturated rings. The van der Waals surface area contributed by atoms with Crippen LogP contribution in [0.15, 0.2) is 30.3 Å². The summed E-state index contributed by atoms with van der Waals surface area (Å²) in [6, 6.07) is 11.7. The Morgan fingerprint density at radius 1 is 1.25 bits per heavy atom. The number of hydrogen-bond acceptors (Lipinski definition) is 4. The topological polar surface area (TPSA) is 28.6 Å². The third-order valence-corrected chi connectivity index (χ3v) is 5.10. The quantitative estimate of drug-likeness (QED) is 0.840. The second-order valence-corrected chi connectivity index (χ2v) is 6.98. The van der Waals surface area contributed by atoms with E-state index in [1.807, 2.05) is 12.1 Å². The van der Waals surface area contributed by atoms with Gasteiger partial charge in [-0.3, -0.25) is 9.80 Å². The molecule has 1 atom stereocenters. The summed E-state index contributed by atoms with van der Waals surface area (Å²) in [6.07, 6.45) is 1.20. The number of methoxy groups -OCH3 is 1. The van der Waals surface area contributed by atoms with Gasteiger partial charge < -0.3 is 4.74 Å². The Hall–Kier alpha value is -1.65. The highest BCUT2D eigenvalue weighted by Gasteiger charge is 2.27. The number of ether oxygens (including phenoxy) is 1. The molecule has 0 N–H and O–H groups in total. The molecule has 0 amide bonds. The third-order valence-electron chi connectivity index (χ3n) is 5.10. The summed E-state index contributed by atoms with van der Waals surface area (Å²) in [4.78, 5) is 9.86. The van der Waals surface area contributed by atoms with E-state index in [4.69, 9.17) is 4.74 Å². The lowest BCUT2D eigenvalue weighted by molar-refractivity contribution is 0.0453. The number of nitrogens with zero attached hydrogens (tertiary/aromatic N) is 3. The van der Waals surface area contributed by atoms with E-state index in [1.54, 1.807) is 7.11 Å². The number of rotatable bonds is 5. The van der Waals surface area contributed by atoms with Crippen LogP contribution in [-0.4, -0.2) is 53.6 Å². The molecule has 0 spiro atoms. The van der Waals surface area contributed by atoms with Crippen molar-refractivity contribution in [2.45, 2.75) is 45.8 Å². The molecule has 0 saturated carbocycles. The predicted molar refractivity (Wildman–Crippen MR) is 99.5 cm³/mol. The van der Waals surface area contributed by atoms with Gasteiger partial charge in [-0.2, -0.15) is 0 Å². The van der Waals surface area contributed by atoms with Crippen LogP contribution in [0.5, 0.6) is 5.88 Å². The highest BCUT2D eigenvalue weighted by atomic mass is 16.5. The minimum atomic E-state index is 0.619. The average Bonchev–Trinajstić information content (AvgIpc) is 2.60. The largest absolute Gasteiger partial charge is 0.481 e. The monoisotopic (exact) mass is 327 g/mol. The number of benzene rings is 1. The molecule has 1 saturated heterocycles. The standard InChI is InChI=1S/C20H29N3O/c1-5-18-14-22(10-11-23(18)15(2)3)13-17-12-16-8-6-7-9-19(16)21-20(17)24-4/h6-9,12,15,18H,5,10-11,13-14H2,1-4H3/t18-/m0/s1. The third kappa shape index (κ3) is 3.55. The van der Waals surface area contributed by atoms with Crippen molar-refractivity contribution in [3.63, 3.8) is 0 Å². The Labute approximate surface area is 145 Å². The molecule has 2 aromatic rings. The molecule has 0 radical (unpaired) electrons. The van der Waals surface area contributed by atoms with E-state index < -0.39 is 0 Å². The Balaban J connectivity index is 1.79. The summed E-state index contributed by atoms with van der Waals surface area (Å²) in [6.45, 7) is 11.2. The van der Waals surface area contributed by atoms with Gasteiger partial charge in [0, 0.05) is 49.2 Å². The smallest absolute Gasteiger partial charge is 0.218 e. The average molecular weight is 327 g/mol. The fourth-order valence-corrected chi connectivity index (χ4v) is 3.79. The normalized spacial score (nSPS) is 20.0. The Kier molecular flexibility index (Phi) is 5.36. The molecule has 1 aromatic heterocycles. The van der Waals surface area contributed by atoms with Gasteiger partial charge in [0.15, 0.2) is 0 Å². The van der Waals surface area contributed by atoms with Crippen LogP contribution in [0.4, 0.5) is 0 Å². The number of piperazine rings is 1. The molecule has 130 valence electrons. The van der Waals surface area contributed by atoms with Gasteiger partial charge in [-0.05, 0) is 32.4 Å². The van der Waals surface area contributed by atoms with Crippen LogP contribution in [0, 0.1) is 0 Å². The van der Waals surface area contributed by atoms with Crippen LogP contribution >= 0.6 is 0 Å². The number of hydrogen-bond donors (Lipinski definition) is 0. The van der Waals surface area contributed by atoms with Gasteiger partial charge in [0.2, 0.25) is 5.88 Å². The summed E-state index contributed by atoms with van der Waals surface area (Å²) in [7, 11) is 1.71. The second-order valence-electron chi connectivity index (χ2n) is 6.98. The predicted octanol–water partition coefficient (Wildman–Crippen LogP) is 3.55. The summed E-state index contributed by atoms with van der Waals surface area (Å²) in [5.41, 5.74) is 2.18. The van der Waals surface area contributed by atoms with Crippen molar-refractivity contribution in [1.82, 2.24) is 14.8 Å². The van der Waals surface area contributed by atoms with Gasteiger partial charge in [0.05, 0.1) is 12.6 Å². The van der Waals surface area contributed by atoms with Crippen LogP contribution in [-0.2, 0) is 6.54 Å². The van der Waals surface area contributed by atoms with E-state index in [-0.39, 0.29) is 0 Å². The number of aromatic nitrogens is 1. The van der Waals surface area contributed by atoms with Gasteiger partial charge in [-0.25, -0.2) is 4.98 Å². The molecule has 1 aromatic carbocycles. The lowest BCUT2D eigenvalue weighted by Crippen LogP contribution is -2.54. The van der Waals surface area contributed by atoms with Crippen molar-refractivity contribution in [3.8, 4) is 5.88 Å². The van der Waals surface area contributed by atoms with Gasteiger partial charge in [0.1, 0.15) is 0 Å². The summed E-state index contributed by atoms with van der Waals surface area (Å²) >= 11 is 0. The first-order chi connectivity index (χ1) is 11.6. The molecule has 0 aliphatic carbocycles. The van der Waals surface area contributed by atoms with E-state index >= 15 is 0 Å². The number of para-hydroxylation sites is 1. The number of pyridine rings is 1. The zero-order valence-corrected chi connectivity index (χ0v) is 15.3. The van der Waals surface area contributed by atoms with Crippen LogP contribution in [0.2, 0.25) is 0 Å². The lowest BCUT2D eigenvalue weighted by Gasteiger charge is -2.43. The van der Waals surface area contributed by atoms with Crippen molar-refractivity contribution in [1.29, 1.82) is 0 Å². The summed E-state index contributed by atoms with van der Waals surface area (Å²) in [5, 5.41) is 1.18. The van der Waals surface area contributed by atoms with Crippen LogP contribution < -0.4 is 4.74 Å². The maximum absolute atomic E-state index is 5.56. The van der Waals surface area contributed by atoms with E-state index in [2.05, 4.69) is 53.8 Å². The molecule has 1 aliphatic rings. The molecular weight excluding hydrogens is 298 g/mol. The minimum absolute atomic E-state index is 0.619. The summed E-state index contributed by atoms with van der Waals surface area (Å²) in [5.74, 6) is 0.757. The minimum Gasteiger partial charge on any atom is -0.481 e.